The van der Waals surface area contributed by atoms with Gasteiger partial charge in [-0.2, -0.15) is 0 Å². The number of rotatable bonds is 3. The van der Waals surface area contributed by atoms with Crippen molar-refractivity contribution < 1.29 is 9.09 Å². The van der Waals surface area contributed by atoms with Crippen LogP contribution in [0.5, 0.6) is 5.75 Å². The minimum atomic E-state index is -1.14. The van der Waals surface area contributed by atoms with Crippen molar-refractivity contribution in [2.75, 3.05) is 0 Å². The van der Waals surface area contributed by atoms with E-state index >= 15 is 0 Å². The average Bonchev–Trinajstić information content (AvgIpc) is 2.07. The van der Waals surface area contributed by atoms with Gasteiger partial charge in [0.25, 0.3) is 0 Å². The van der Waals surface area contributed by atoms with Crippen molar-refractivity contribution in [3.63, 3.8) is 0 Å². The first-order chi connectivity index (χ1) is 5.36. The molecule has 0 bridgehead atoms. The van der Waals surface area contributed by atoms with Gasteiger partial charge in [0.1, 0.15) is 5.75 Å². The van der Waals surface area contributed by atoms with Gasteiger partial charge >= 0.3 is 0 Å². The fourth-order valence-corrected chi connectivity index (χ4v) is 1.13. The highest BCUT2D eigenvalue weighted by Gasteiger charge is 1.90. The molecule has 3 heteroatoms. The Kier molecular flexibility index (Phi) is 3.18. The summed E-state index contributed by atoms with van der Waals surface area (Å²) in [6.07, 6.45) is 1.02. The summed E-state index contributed by atoms with van der Waals surface area (Å²) >= 11 is 0. The van der Waals surface area contributed by atoms with Crippen molar-refractivity contribution >= 4 is 8.69 Å². The van der Waals surface area contributed by atoms with E-state index in [0.29, 0.717) is 5.75 Å². The van der Waals surface area contributed by atoms with Gasteiger partial charge in [0.05, 0.1) is 0 Å². The summed E-state index contributed by atoms with van der Waals surface area (Å²) in [5.41, 5.74) is 1.26. The maximum absolute atomic E-state index is 10.1. The van der Waals surface area contributed by atoms with E-state index in [1.54, 1.807) is 0 Å². The van der Waals surface area contributed by atoms with Gasteiger partial charge in [-0.15, -0.1) is 0 Å². The monoisotopic (exact) mass is 170 g/mol. The number of hydrogen-bond donors (Lipinski definition) is 0. The summed E-state index contributed by atoms with van der Waals surface area (Å²) in [7, 11) is -1.14. The minimum Gasteiger partial charge on any atom is -0.447 e. The van der Waals surface area contributed by atoms with E-state index in [4.69, 9.17) is 4.52 Å². The van der Waals surface area contributed by atoms with Crippen LogP contribution in [0.15, 0.2) is 24.3 Å². The molecule has 1 aromatic rings. The molecule has 0 N–H and O–H groups in total. The Balaban J connectivity index is 2.74. The van der Waals surface area contributed by atoms with E-state index in [1.807, 2.05) is 24.3 Å². The first kappa shape index (κ1) is 8.35. The number of benzene rings is 1. The molecular formula is C8H11O2P. The topological polar surface area (TPSA) is 26.3 Å². The fraction of sp³-hybridized carbons (Fsp3) is 0.250. The largest absolute Gasteiger partial charge is 0.447 e. The summed E-state index contributed by atoms with van der Waals surface area (Å²) in [5.74, 6) is 0.687. The van der Waals surface area contributed by atoms with Gasteiger partial charge in [-0.1, -0.05) is 19.1 Å². The molecule has 1 atom stereocenters. The molecule has 0 amide bonds. The van der Waals surface area contributed by atoms with Gasteiger partial charge in [-0.25, -0.2) is 0 Å². The van der Waals surface area contributed by atoms with Gasteiger partial charge in [0.2, 0.25) is 8.69 Å². The maximum Gasteiger partial charge on any atom is 0.225 e. The second-order valence-electron chi connectivity index (χ2n) is 2.21. The molecule has 0 aliphatic heterocycles. The first-order valence-electron chi connectivity index (χ1n) is 3.56. The second-order valence-corrected chi connectivity index (χ2v) is 2.64. The summed E-state index contributed by atoms with van der Waals surface area (Å²) < 4.78 is 14.9. The zero-order chi connectivity index (χ0) is 8.10. The molecule has 0 aliphatic rings. The van der Waals surface area contributed by atoms with Crippen molar-refractivity contribution in [2.45, 2.75) is 13.3 Å². The summed E-state index contributed by atoms with van der Waals surface area (Å²) in [4.78, 5) is 0. The Labute approximate surface area is 67.5 Å². The molecule has 0 aromatic heterocycles. The third-order valence-corrected chi connectivity index (χ3v) is 1.88. The molecule has 2 nitrogen and oxygen atoms in total. The molecule has 0 fully saturated rings. The zero-order valence-corrected chi connectivity index (χ0v) is 7.57. The van der Waals surface area contributed by atoms with Gasteiger partial charge in [-0.05, 0) is 24.1 Å². The minimum absolute atomic E-state index is 0.687. The predicted octanol–water partition coefficient (Wildman–Crippen LogP) is 2.30. The SMILES string of the molecule is CCc1ccc(O[PH2]=O)cc1. The molecule has 1 aromatic carbocycles. The van der Waals surface area contributed by atoms with E-state index in [0.717, 1.165) is 6.42 Å². The predicted molar refractivity (Wildman–Crippen MR) is 46.8 cm³/mol. The molecule has 1 unspecified atom stereocenters. The molecule has 0 heterocycles. The van der Waals surface area contributed by atoms with Gasteiger partial charge in [0, 0.05) is 0 Å². The van der Waals surface area contributed by atoms with Crippen molar-refractivity contribution in [2.24, 2.45) is 0 Å². The highest BCUT2D eigenvalue weighted by atomic mass is 31.1. The Bertz CT molecular complexity index is 230. The van der Waals surface area contributed by atoms with Gasteiger partial charge < -0.3 is 4.52 Å². The zero-order valence-electron chi connectivity index (χ0n) is 6.41. The quantitative estimate of drug-likeness (QED) is 0.650. The van der Waals surface area contributed by atoms with Crippen molar-refractivity contribution in [1.29, 1.82) is 0 Å². The summed E-state index contributed by atoms with van der Waals surface area (Å²) in [5, 5.41) is 0. The standard InChI is InChI=1S/C8H11O2P/c1-2-7-3-5-8(6-4-7)10-11-9/h3-6H,2,11H2,1H3. The van der Waals surface area contributed by atoms with Crippen LogP contribution in [0.3, 0.4) is 0 Å². The second kappa shape index (κ2) is 4.20. The molecule has 0 aliphatic carbocycles. The summed E-state index contributed by atoms with van der Waals surface area (Å²) in [6, 6.07) is 7.63. The van der Waals surface area contributed by atoms with E-state index in [1.165, 1.54) is 5.56 Å². The fourth-order valence-electron chi connectivity index (χ4n) is 0.859. The molecule has 0 saturated heterocycles. The van der Waals surface area contributed by atoms with Crippen LogP contribution in [-0.2, 0) is 11.0 Å². The Hall–Kier alpha value is -0.750. The third-order valence-electron chi connectivity index (χ3n) is 1.52. The van der Waals surface area contributed by atoms with E-state index in [-0.39, 0.29) is 0 Å². The first-order valence-corrected chi connectivity index (χ1v) is 4.50. The Morgan fingerprint density at radius 1 is 1.36 bits per heavy atom. The van der Waals surface area contributed by atoms with Crippen LogP contribution in [0.1, 0.15) is 12.5 Å². The number of aryl methyl sites for hydroxylation is 1. The molecule has 1 rings (SSSR count). The molecule has 0 spiro atoms. The van der Waals surface area contributed by atoms with E-state index in [2.05, 4.69) is 6.92 Å². The average molecular weight is 170 g/mol. The molecule has 0 radical (unpaired) electrons. The normalized spacial score (nSPS) is 10.6. The smallest absolute Gasteiger partial charge is 0.225 e. The van der Waals surface area contributed by atoms with E-state index < -0.39 is 8.69 Å². The van der Waals surface area contributed by atoms with Gasteiger partial charge in [-0.3, -0.25) is 4.57 Å². The van der Waals surface area contributed by atoms with Crippen LogP contribution in [-0.4, -0.2) is 0 Å². The van der Waals surface area contributed by atoms with Crippen molar-refractivity contribution in [3.05, 3.63) is 29.8 Å². The Morgan fingerprint density at radius 2 is 2.00 bits per heavy atom. The lowest BCUT2D eigenvalue weighted by atomic mass is 10.2. The van der Waals surface area contributed by atoms with Crippen LogP contribution in [0.4, 0.5) is 0 Å². The van der Waals surface area contributed by atoms with E-state index in [9.17, 15) is 4.57 Å². The summed E-state index contributed by atoms with van der Waals surface area (Å²) in [6.45, 7) is 2.09. The van der Waals surface area contributed by atoms with Crippen LogP contribution in [0.2, 0.25) is 0 Å². The van der Waals surface area contributed by atoms with Crippen LogP contribution < -0.4 is 4.52 Å². The molecule has 60 valence electrons. The maximum atomic E-state index is 10.1. The highest BCUT2D eigenvalue weighted by molar-refractivity contribution is 7.17. The van der Waals surface area contributed by atoms with Gasteiger partial charge in [0.15, 0.2) is 0 Å². The highest BCUT2D eigenvalue weighted by Crippen LogP contribution is 2.15. The van der Waals surface area contributed by atoms with Crippen LogP contribution >= 0.6 is 8.69 Å². The lowest BCUT2D eigenvalue weighted by Crippen LogP contribution is -1.79. The lowest BCUT2D eigenvalue weighted by molar-refractivity contribution is 0.525. The van der Waals surface area contributed by atoms with Crippen molar-refractivity contribution in [3.8, 4) is 5.75 Å². The van der Waals surface area contributed by atoms with Crippen molar-refractivity contribution in [1.82, 2.24) is 0 Å². The van der Waals surface area contributed by atoms with Crippen LogP contribution in [0, 0.1) is 0 Å². The van der Waals surface area contributed by atoms with Crippen LogP contribution in [0.25, 0.3) is 0 Å². The molecular weight excluding hydrogens is 159 g/mol. The lowest BCUT2D eigenvalue weighted by Gasteiger charge is -1.98. The Morgan fingerprint density at radius 3 is 2.45 bits per heavy atom. The third kappa shape index (κ3) is 2.39. The molecule has 11 heavy (non-hydrogen) atoms. The number of hydrogen-bond acceptors (Lipinski definition) is 2. The molecule has 0 saturated carbocycles.